The number of ether oxygens (including phenoxy) is 2. The number of nitriles is 1. The third kappa shape index (κ3) is 6.36. The molecule has 3 aliphatic heterocycles. The number of benzene rings is 1. The van der Waals surface area contributed by atoms with E-state index in [-0.39, 0.29) is 41.4 Å². The number of aliphatic hydroxyl groups is 1. The van der Waals surface area contributed by atoms with Crippen molar-refractivity contribution in [3.05, 3.63) is 41.9 Å². The molecule has 3 fully saturated rings. The van der Waals surface area contributed by atoms with Crippen LogP contribution in [0.1, 0.15) is 43.5 Å². The van der Waals surface area contributed by atoms with Crippen LogP contribution in [0.2, 0.25) is 0 Å². The number of aliphatic hydroxyl groups excluding tert-OH is 1. The highest BCUT2D eigenvalue weighted by Gasteiger charge is 2.37. The Morgan fingerprint density at radius 3 is 2.60 bits per heavy atom. The maximum absolute atomic E-state index is 14.3. The predicted octanol–water partition coefficient (Wildman–Crippen LogP) is 4.53. The molecule has 1 aromatic carbocycles. The first-order valence-electron chi connectivity index (χ1n) is 15.0. The van der Waals surface area contributed by atoms with Crippen LogP contribution in [0.15, 0.2) is 30.5 Å². The molecule has 0 amide bonds. The second kappa shape index (κ2) is 12.4. The molecule has 12 heteroatoms. The van der Waals surface area contributed by atoms with Crippen molar-refractivity contribution < 1.29 is 27.8 Å². The van der Waals surface area contributed by atoms with E-state index in [1.165, 1.54) is 6.07 Å². The first kappa shape index (κ1) is 29.8. The van der Waals surface area contributed by atoms with Gasteiger partial charge in [0, 0.05) is 55.3 Å². The lowest BCUT2D eigenvalue weighted by Gasteiger charge is -2.39. The zero-order valence-corrected chi connectivity index (χ0v) is 24.3. The number of alkyl halides is 3. The van der Waals surface area contributed by atoms with Crippen molar-refractivity contribution in [3.8, 4) is 23.1 Å². The lowest BCUT2D eigenvalue weighted by Crippen LogP contribution is -2.51. The second-order valence-electron chi connectivity index (χ2n) is 12.0. The van der Waals surface area contributed by atoms with E-state index in [1.807, 2.05) is 23.9 Å². The lowest BCUT2D eigenvalue weighted by molar-refractivity contribution is -0.139. The zero-order chi connectivity index (χ0) is 30.1. The highest BCUT2D eigenvalue weighted by Crippen LogP contribution is 2.40. The molecule has 3 saturated heterocycles. The molecule has 0 bridgehead atoms. The summed E-state index contributed by atoms with van der Waals surface area (Å²) in [6, 6.07) is 7.83. The van der Waals surface area contributed by atoms with Crippen LogP contribution >= 0.6 is 0 Å². The number of nitrogens with zero attached hydrogens (tertiary/aromatic N) is 6. The van der Waals surface area contributed by atoms with Crippen molar-refractivity contribution in [1.82, 2.24) is 24.3 Å². The van der Waals surface area contributed by atoms with E-state index in [4.69, 9.17) is 9.47 Å². The summed E-state index contributed by atoms with van der Waals surface area (Å²) in [7, 11) is 2.03. The maximum Gasteiger partial charge on any atom is 0.419 e. The van der Waals surface area contributed by atoms with Gasteiger partial charge in [0.15, 0.2) is 0 Å². The molecule has 3 aliphatic rings. The maximum atomic E-state index is 14.3. The van der Waals surface area contributed by atoms with Gasteiger partial charge >= 0.3 is 6.18 Å². The number of likely N-dealkylation sites (tertiary alicyclic amines) is 2. The largest absolute Gasteiger partial charge is 0.493 e. The predicted molar refractivity (Wildman–Crippen MR) is 153 cm³/mol. The lowest BCUT2D eigenvalue weighted by atomic mass is 9.96. The highest BCUT2D eigenvalue weighted by molar-refractivity contribution is 5.91. The fraction of sp³-hybridized carbons (Fsp3) is 0.581. The Morgan fingerprint density at radius 1 is 1.12 bits per heavy atom. The summed E-state index contributed by atoms with van der Waals surface area (Å²) in [4.78, 5) is 13.0. The molecule has 0 radical (unpaired) electrons. The Bertz CT molecular complexity index is 1470. The minimum absolute atomic E-state index is 0.0928. The Hall–Kier alpha value is -3.24. The number of halogens is 3. The van der Waals surface area contributed by atoms with Gasteiger partial charge in [-0.15, -0.1) is 0 Å². The molecular formula is C31H37F3N6O3. The van der Waals surface area contributed by atoms with Crippen molar-refractivity contribution in [2.45, 2.75) is 57.1 Å². The van der Waals surface area contributed by atoms with Gasteiger partial charge in [-0.05, 0) is 75.9 Å². The van der Waals surface area contributed by atoms with Crippen LogP contribution < -0.4 is 4.74 Å². The highest BCUT2D eigenvalue weighted by atomic mass is 19.4. The van der Waals surface area contributed by atoms with Crippen molar-refractivity contribution in [3.63, 3.8) is 0 Å². The summed E-state index contributed by atoms with van der Waals surface area (Å²) in [5.74, 6) is 0.0697. The quantitative estimate of drug-likeness (QED) is 0.404. The molecule has 43 heavy (non-hydrogen) atoms. The molecule has 9 nitrogen and oxygen atoms in total. The number of fused-ring (bicyclic) bond motifs is 1. The van der Waals surface area contributed by atoms with Gasteiger partial charge < -0.3 is 19.1 Å². The van der Waals surface area contributed by atoms with E-state index in [0.717, 1.165) is 44.7 Å². The van der Waals surface area contributed by atoms with Crippen LogP contribution in [0.5, 0.6) is 5.75 Å². The standard InChI is InChI=1S/C31H37F3N6O3/c1-38-10-2-3-25(38)30(41)39-11-6-20(7-12-39)19-43-26-5-4-22(15-24(26)31(32,33)34)28-23-8-13-40(17-21-9-14-42-18-21)29(23)37-27(16-35)36-28/h4-5,8,13,15,20-21,25,30,41H,2-3,6-7,9-12,14,17-19H2,1H3/t21?,25-,30?/m0/s1. The van der Waals surface area contributed by atoms with Gasteiger partial charge in [-0.25, -0.2) is 9.97 Å². The number of aromatic nitrogens is 3. The first-order chi connectivity index (χ1) is 20.7. The summed E-state index contributed by atoms with van der Waals surface area (Å²) in [5, 5.41) is 21.0. The fourth-order valence-corrected chi connectivity index (χ4v) is 6.66. The number of piperidine rings is 1. The van der Waals surface area contributed by atoms with Crippen molar-refractivity contribution >= 4 is 11.0 Å². The van der Waals surface area contributed by atoms with Crippen LogP contribution in [0, 0.1) is 23.2 Å². The number of hydrogen-bond donors (Lipinski definition) is 1. The van der Waals surface area contributed by atoms with Gasteiger partial charge in [-0.1, -0.05) is 0 Å². The van der Waals surface area contributed by atoms with Crippen LogP contribution in [0.4, 0.5) is 13.2 Å². The molecule has 0 saturated carbocycles. The molecule has 2 unspecified atom stereocenters. The third-order valence-electron chi connectivity index (χ3n) is 9.17. The minimum Gasteiger partial charge on any atom is -0.493 e. The summed E-state index contributed by atoms with van der Waals surface area (Å²) >= 11 is 0. The van der Waals surface area contributed by atoms with E-state index in [0.29, 0.717) is 49.8 Å². The van der Waals surface area contributed by atoms with Crippen molar-refractivity contribution in [1.29, 1.82) is 5.26 Å². The molecule has 1 N–H and O–H groups in total. The number of rotatable bonds is 8. The average molecular weight is 599 g/mol. The molecule has 3 atom stereocenters. The van der Waals surface area contributed by atoms with Gasteiger partial charge in [0.1, 0.15) is 23.7 Å². The van der Waals surface area contributed by atoms with Crippen LogP contribution in [-0.4, -0.2) is 88.2 Å². The Morgan fingerprint density at radius 2 is 1.93 bits per heavy atom. The van der Waals surface area contributed by atoms with Gasteiger partial charge in [-0.3, -0.25) is 9.80 Å². The van der Waals surface area contributed by atoms with Gasteiger partial charge in [0.2, 0.25) is 5.82 Å². The van der Waals surface area contributed by atoms with Crippen LogP contribution in [-0.2, 0) is 17.5 Å². The molecule has 5 heterocycles. The summed E-state index contributed by atoms with van der Waals surface area (Å²) in [6.07, 6.45) is 1.11. The van der Waals surface area contributed by atoms with Crippen LogP contribution in [0.3, 0.4) is 0 Å². The van der Waals surface area contributed by atoms with E-state index in [9.17, 15) is 23.5 Å². The molecule has 230 valence electrons. The van der Waals surface area contributed by atoms with Crippen molar-refractivity contribution in [2.24, 2.45) is 11.8 Å². The van der Waals surface area contributed by atoms with Gasteiger partial charge in [0.25, 0.3) is 0 Å². The monoisotopic (exact) mass is 598 g/mol. The third-order valence-corrected chi connectivity index (χ3v) is 9.17. The smallest absolute Gasteiger partial charge is 0.419 e. The number of hydrogen-bond acceptors (Lipinski definition) is 8. The van der Waals surface area contributed by atoms with Gasteiger partial charge in [0.05, 0.1) is 24.5 Å². The molecule has 3 aromatic rings. The fourth-order valence-electron chi connectivity index (χ4n) is 6.66. The normalized spacial score (nSPS) is 23.2. The zero-order valence-electron chi connectivity index (χ0n) is 24.3. The minimum atomic E-state index is -4.65. The molecule has 2 aromatic heterocycles. The molecule has 6 rings (SSSR count). The average Bonchev–Trinajstić information content (AvgIpc) is 3.77. The van der Waals surface area contributed by atoms with E-state index in [2.05, 4.69) is 19.8 Å². The Balaban J connectivity index is 1.18. The number of likely N-dealkylation sites (N-methyl/N-ethyl adjacent to an activating group) is 1. The summed E-state index contributed by atoms with van der Waals surface area (Å²) in [6.45, 7) is 4.49. The SMILES string of the molecule is CN1CCC[C@H]1C(O)N1CCC(COc2ccc(-c3nc(C#N)nc4c3ccn4CC3CCOC3)cc2C(F)(F)F)CC1. The van der Waals surface area contributed by atoms with E-state index in [1.54, 1.807) is 12.1 Å². The van der Waals surface area contributed by atoms with E-state index >= 15 is 0 Å². The van der Waals surface area contributed by atoms with E-state index < -0.39 is 18.0 Å². The Labute approximate surface area is 248 Å². The molecular weight excluding hydrogens is 561 g/mol. The first-order valence-corrected chi connectivity index (χ1v) is 15.0. The molecule has 0 aliphatic carbocycles. The van der Waals surface area contributed by atoms with Gasteiger partial charge in [-0.2, -0.15) is 18.4 Å². The Kier molecular flexibility index (Phi) is 8.60. The molecule has 0 spiro atoms. The topological polar surface area (TPSA) is 99.7 Å². The summed E-state index contributed by atoms with van der Waals surface area (Å²) < 4.78 is 56.1. The van der Waals surface area contributed by atoms with Crippen molar-refractivity contribution in [2.75, 3.05) is 46.5 Å². The second-order valence-corrected chi connectivity index (χ2v) is 12.0. The van der Waals surface area contributed by atoms with Crippen LogP contribution in [0.25, 0.3) is 22.3 Å². The summed E-state index contributed by atoms with van der Waals surface area (Å²) in [5.41, 5.74) is 0.150.